The van der Waals surface area contributed by atoms with Crippen LogP contribution in [0, 0.1) is 12.3 Å². The SMILES string of the molecule is Cc1cc(OC[C@@]2(CC(=O)N3CCCCC3)CCCN(S(=O)(=O)Cc3ccc(Cl)c(Cl)c3)C2)ccc1Cl. The van der Waals surface area contributed by atoms with Crippen molar-refractivity contribution >= 4 is 50.7 Å². The van der Waals surface area contributed by atoms with Gasteiger partial charge in [0.25, 0.3) is 0 Å². The van der Waals surface area contributed by atoms with Crippen molar-refractivity contribution in [2.24, 2.45) is 5.41 Å². The van der Waals surface area contributed by atoms with E-state index in [9.17, 15) is 13.2 Å². The van der Waals surface area contributed by atoms with Crippen LogP contribution in [0.4, 0.5) is 0 Å². The Hall–Kier alpha value is -1.51. The predicted octanol–water partition coefficient (Wildman–Crippen LogP) is 6.35. The predicted molar refractivity (Wildman–Crippen MR) is 149 cm³/mol. The topological polar surface area (TPSA) is 66.9 Å². The monoisotopic (exact) mass is 586 g/mol. The van der Waals surface area contributed by atoms with Gasteiger partial charge >= 0.3 is 0 Å². The molecule has 0 aromatic heterocycles. The van der Waals surface area contributed by atoms with Crippen LogP contribution in [0.5, 0.6) is 5.75 Å². The fourth-order valence-corrected chi connectivity index (χ4v) is 7.26. The average Bonchev–Trinajstić information content (AvgIpc) is 2.87. The van der Waals surface area contributed by atoms with Crippen LogP contribution in [0.1, 0.15) is 49.7 Å². The zero-order chi connectivity index (χ0) is 26.6. The first-order valence-corrected chi connectivity index (χ1v) is 15.4. The number of benzene rings is 2. The van der Waals surface area contributed by atoms with Gasteiger partial charge < -0.3 is 9.64 Å². The number of piperidine rings is 2. The molecule has 0 unspecified atom stereocenters. The second-order valence-electron chi connectivity index (χ2n) is 10.3. The molecule has 2 saturated heterocycles. The molecule has 1 atom stereocenters. The highest BCUT2D eigenvalue weighted by Crippen LogP contribution is 2.37. The number of halogens is 3. The molecular weight excluding hydrogens is 555 g/mol. The van der Waals surface area contributed by atoms with E-state index in [0.717, 1.165) is 37.9 Å². The standard InChI is InChI=1S/C27H33Cl3N2O4S/c1-20-14-22(7-9-23(20)28)36-19-27(16-26(33)31-11-3-2-4-12-31)10-5-13-32(18-27)37(34,35)17-21-6-8-24(29)25(30)15-21/h6-9,14-15H,2-5,10-13,16-19H2,1H3/t27-/m1/s1. The molecule has 2 aromatic carbocycles. The maximum Gasteiger partial charge on any atom is 0.223 e. The molecule has 10 heteroatoms. The van der Waals surface area contributed by atoms with Gasteiger partial charge in [0.15, 0.2) is 0 Å². The molecule has 2 heterocycles. The van der Waals surface area contributed by atoms with Crippen molar-refractivity contribution in [2.75, 3.05) is 32.8 Å². The largest absolute Gasteiger partial charge is 0.493 e. The molecule has 0 N–H and O–H groups in total. The Morgan fingerprint density at radius 1 is 0.946 bits per heavy atom. The van der Waals surface area contributed by atoms with Crippen LogP contribution >= 0.6 is 34.8 Å². The van der Waals surface area contributed by atoms with E-state index in [1.807, 2.05) is 17.9 Å². The van der Waals surface area contributed by atoms with Crippen LogP contribution in [-0.2, 0) is 20.6 Å². The minimum atomic E-state index is -3.66. The minimum Gasteiger partial charge on any atom is -0.493 e. The third-order valence-corrected chi connectivity index (χ3v) is 10.2. The molecule has 2 fully saturated rings. The van der Waals surface area contributed by atoms with Gasteiger partial charge in [-0.2, -0.15) is 0 Å². The molecule has 37 heavy (non-hydrogen) atoms. The zero-order valence-corrected chi connectivity index (χ0v) is 24.1. The van der Waals surface area contributed by atoms with Crippen molar-refractivity contribution in [1.82, 2.24) is 9.21 Å². The van der Waals surface area contributed by atoms with Crippen molar-refractivity contribution in [2.45, 2.75) is 51.2 Å². The summed E-state index contributed by atoms with van der Waals surface area (Å²) in [6, 6.07) is 10.3. The normalized spacial score (nSPS) is 21.1. The maximum absolute atomic E-state index is 13.5. The molecule has 0 saturated carbocycles. The molecule has 2 aliphatic heterocycles. The summed E-state index contributed by atoms with van der Waals surface area (Å²) in [5.41, 5.74) is 0.834. The van der Waals surface area contributed by atoms with Gasteiger partial charge in [-0.05, 0) is 80.5 Å². The number of ether oxygens (including phenoxy) is 1. The van der Waals surface area contributed by atoms with Gasteiger partial charge in [0.05, 0.1) is 22.4 Å². The Morgan fingerprint density at radius 3 is 2.38 bits per heavy atom. The Labute approximate surface area is 234 Å². The van der Waals surface area contributed by atoms with E-state index in [1.54, 1.807) is 30.3 Å². The lowest BCUT2D eigenvalue weighted by Gasteiger charge is -2.42. The van der Waals surface area contributed by atoms with Crippen LogP contribution < -0.4 is 4.74 Å². The first-order valence-electron chi connectivity index (χ1n) is 12.7. The third-order valence-electron chi connectivity index (χ3n) is 7.26. The molecule has 2 aliphatic rings. The fraction of sp³-hybridized carbons (Fsp3) is 0.519. The van der Waals surface area contributed by atoms with Gasteiger partial charge in [0.2, 0.25) is 15.9 Å². The van der Waals surface area contributed by atoms with Gasteiger partial charge in [0.1, 0.15) is 5.75 Å². The van der Waals surface area contributed by atoms with E-state index in [4.69, 9.17) is 39.5 Å². The van der Waals surface area contributed by atoms with E-state index in [1.165, 1.54) is 4.31 Å². The van der Waals surface area contributed by atoms with Crippen LogP contribution in [0.15, 0.2) is 36.4 Å². The second-order valence-corrected chi connectivity index (χ2v) is 13.5. The lowest BCUT2D eigenvalue weighted by molar-refractivity contribution is -0.136. The Morgan fingerprint density at radius 2 is 1.68 bits per heavy atom. The number of nitrogens with zero attached hydrogens (tertiary/aromatic N) is 2. The highest BCUT2D eigenvalue weighted by Gasteiger charge is 2.43. The molecule has 4 rings (SSSR count). The van der Waals surface area contributed by atoms with E-state index in [-0.39, 0.29) is 31.2 Å². The molecule has 202 valence electrons. The highest BCUT2D eigenvalue weighted by atomic mass is 35.5. The number of hydrogen-bond donors (Lipinski definition) is 0. The van der Waals surface area contributed by atoms with Crippen LogP contribution in [-0.4, -0.2) is 56.3 Å². The number of likely N-dealkylation sites (tertiary alicyclic amines) is 1. The van der Waals surface area contributed by atoms with E-state index in [0.29, 0.717) is 45.8 Å². The van der Waals surface area contributed by atoms with Crippen LogP contribution in [0.3, 0.4) is 0 Å². The second kappa shape index (κ2) is 12.1. The van der Waals surface area contributed by atoms with Gasteiger partial charge in [-0.15, -0.1) is 0 Å². The summed E-state index contributed by atoms with van der Waals surface area (Å²) in [6.45, 7) is 4.29. The quantitative estimate of drug-likeness (QED) is 0.361. The summed E-state index contributed by atoms with van der Waals surface area (Å²) >= 11 is 18.3. The van der Waals surface area contributed by atoms with Crippen molar-refractivity contribution < 1.29 is 17.9 Å². The summed E-state index contributed by atoms with van der Waals surface area (Å²) in [6.07, 6.45) is 4.74. The van der Waals surface area contributed by atoms with Gasteiger partial charge in [0, 0.05) is 43.0 Å². The van der Waals surface area contributed by atoms with Crippen molar-refractivity contribution in [1.29, 1.82) is 0 Å². The molecule has 1 amide bonds. The number of sulfonamides is 1. The molecule has 6 nitrogen and oxygen atoms in total. The van der Waals surface area contributed by atoms with Gasteiger partial charge in [-0.3, -0.25) is 4.79 Å². The summed E-state index contributed by atoms with van der Waals surface area (Å²) < 4.78 is 34.7. The highest BCUT2D eigenvalue weighted by molar-refractivity contribution is 7.88. The minimum absolute atomic E-state index is 0.0688. The lowest BCUT2D eigenvalue weighted by atomic mass is 9.78. The Bertz CT molecular complexity index is 1230. The van der Waals surface area contributed by atoms with Gasteiger partial charge in [-0.25, -0.2) is 12.7 Å². The fourth-order valence-electron chi connectivity index (χ4n) is 5.16. The number of hydrogen-bond acceptors (Lipinski definition) is 4. The van der Waals surface area contributed by atoms with E-state index >= 15 is 0 Å². The van der Waals surface area contributed by atoms with E-state index < -0.39 is 15.4 Å². The first kappa shape index (κ1) is 28.5. The van der Waals surface area contributed by atoms with Crippen molar-refractivity contribution in [3.63, 3.8) is 0 Å². The maximum atomic E-state index is 13.5. The number of aryl methyl sites for hydroxylation is 1. The lowest BCUT2D eigenvalue weighted by Crippen LogP contribution is -2.51. The molecule has 0 aliphatic carbocycles. The number of rotatable bonds is 8. The molecule has 0 bridgehead atoms. The van der Waals surface area contributed by atoms with Crippen molar-refractivity contribution in [3.05, 3.63) is 62.6 Å². The number of carbonyl (C=O) groups is 1. The average molecular weight is 588 g/mol. The van der Waals surface area contributed by atoms with Crippen LogP contribution in [0.2, 0.25) is 15.1 Å². The Kier molecular flexibility index (Phi) is 9.34. The zero-order valence-electron chi connectivity index (χ0n) is 21.0. The molecule has 0 spiro atoms. The summed E-state index contributed by atoms with van der Waals surface area (Å²) in [5, 5.41) is 1.35. The number of amides is 1. The summed E-state index contributed by atoms with van der Waals surface area (Å²) in [4.78, 5) is 15.3. The third kappa shape index (κ3) is 7.33. The van der Waals surface area contributed by atoms with E-state index in [2.05, 4.69) is 0 Å². The molecule has 2 aromatic rings. The van der Waals surface area contributed by atoms with Crippen LogP contribution in [0.25, 0.3) is 0 Å². The Balaban J connectivity index is 1.55. The smallest absolute Gasteiger partial charge is 0.223 e. The summed E-state index contributed by atoms with van der Waals surface area (Å²) in [7, 11) is -3.66. The number of carbonyl (C=O) groups excluding carboxylic acids is 1. The molecule has 0 radical (unpaired) electrons. The first-order chi connectivity index (χ1) is 17.6. The summed E-state index contributed by atoms with van der Waals surface area (Å²) in [5.74, 6) is 0.541. The van der Waals surface area contributed by atoms with Gasteiger partial charge in [-0.1, -0.05) is 40.9 Å². The molecular formula is C27H33Cl3N2O4S. The van der Waals surface area contributed by atoms with Crippen molar-refractivity contribution in [3.8, 4) is 5.75 Å².